The maximum atomic E-state index is 13.1. The summed E-state index contributed by atoms with van der Waals surface area (Å²) in [6.07, 6.45) is -0.1000. The molecular weight excluding hydrogens is 357 g/mol. The van der Waals surface area contributed by atoms with E-state index in [9.17, 15) is 14.0 Å². The fourth-order valence-electron chi connectivity index (χ4n) is 3.40. The molecule has 2 aromatic carbocycles. The van der Waals surface area contributed by atoms with Gasteiger partial charge in [-0.2, -0.15) is 0 Å². The average molecular weight is 383 g/mol. The Hall–Kier alpha value is -2.89. The van der Waals surface area contributed by atoms with Crippen molar-refractivity contribution in [1.29, 1.82) is 0 Å². The molecule has 0 N–H and O–H groups in total. The second-order valence-corrected chi connectivity index (χ2v) is 6.91. The molecule has 2 aromatic rings. The summed E-state index contributed by atoms with van der Waals surface area (Å²) in [5.74, 6) is -0.528. The van der Waals surface area contributed by atoms with Crippen LogP contribution in [0.25, 0.3) is 0 Å². The summed E-state index contributed by atoms with van der Waals surface area (Å²) in [4.78, 5) is 30.7. The van der Waals surface area contributed by atoms with Gasteiger partial charge < -0.3 is 14.7 Å². The normalized spacial score (nSPS) is 14.1. The van der Waals surface area contributed by atoms with Crippen molar-refractivity contribution in [2.24, 2.45) is 0 Å². The summed E-state index contributed by atoms with van der Waals surface area (Å²) in [6.45, 7) is 5.48. The van der Waals surface area contributed by atoms with Crippen molar-refractivity contribution in [3.05, 3.63) is 66.0 Å². The highest BCUT2D eigenvalue weighted by atomic mass is 19.1. The number of piperazine rings is 1. The first-order chi connectivity index (χ1) is 13.6. The van der Waals surface area contributed by atoms with Crippen LogP contribution < -0.4 is 4.90 Å². The molecule has 0 aromatic heterocycles. The lowest BCUT2D eigenvalue weighted by Crippen LogP contribution is -2.49. The molecule has 28 heavy (non-hydrogen) atoms. The van der Waals surface area contributed by atoms with Gasteiger partial charge in [-0.25, -0.2) is 4.39 Å². The maximum absolute atomic E-state index is 13.1. The predicted molar refractivity (Wildman–Crippen MR) is 107 cm³/mol. The third-order valence-corrected chi connectivity index (χ3v) is 5.08. The zero-order chi connectivity index (χ0) is 19.9. The lowest BCUT2D eigenvalue weighted by molar-refractivity contribution is -0.141. The number of anilines is 1. The van der Waals surface area contributed by atoms with Crippen LogP contribution in [0.2, 0.25) is 0 Å². The van der Waals surface area contributed by atoms with E-state index in [2.05, 4.69) is 4.90 Å². The van der Waals surface area contributed by atoms with Crippen LogP contribution in [-0.4, -0.2) is 54.3 Å². The van der Waals surface area contributed by atoms with Crippen LogP contribution in [0.5, 0.6) is 0 Å². The van der Waals surface area contributed by atoms with Crippen LogP contribution >= 0.6 is 0 Å². The van der Waals surface area contributed by atoms with Crippen molar-refractivity contribution in [3.8, 4) is 0 Å². The molecule has 1 fully saturated rings. The first-order valence-corrected chi connectivity index (χ1v) is 9.67. The van der Waals surface area contributed by atoms with Crippen LogP contribution in [-0.2, 0) is 16.1 Å². The SMILES string of the molecule is CCN(Cc1ccccc1)C(=O)CC(=O)N1CCN(c2ccc(F)cc2)CC1. The van der Waals surface area contributed by atoms with Crippen LogP contribution in [0, 0.1) is 5.82 Å². The van der Waals surface area contributed by atoms with E-state index in [1.54, 1.807) is 21.9 Å². The Balaban J connectivity index is 1.50. The van der Waals surface area contributed by atoms with Crippen molar-refractivity contribution >= 4 is 17.5 Å². The Morgan fingerprint density at radius 2 is 1.61 bits per heavy atom. The highest BCUT2D eigenvalue weighted by Crippen LogP contribution is 2.17. The molecular formula is C22H26FN3O2. The molecule has 0 aliphatic carbocycles. The number of carbonyl (C=O) groups is 2. The van der Waals surface area contributed by atoms with Gasteiger partial charge >= 0.3 is 0 Å². The number of hydrogen-bond donors (Lipinski definition) is 0. The largest absolute Gasteiger partial charge is 0.368 e. The van der Waals surface area contributed by atoms with Gasteiger partial charge in [-0.05, 0) is 36.8 Å². The Morgan fingerprint density at radius 1 is 0.964 bits per heavy atom. The smallest absolute Gasteiger partial charge is 0.232 e. The number of carbonyl (C=O) groups excluding carboxylic acids is 2. The summed E-state index contributed by atoms with van der Waals surface area (Å²) in [6, 6.07) is 16.2. The van der Waals surface area contributed by atoms with E-state index in [4.69, 9.17) is 0 Å². The molecule has 0 atom stereocenters. The van der Waals surface area contributed by atoms with Gasteiger partial charge in [0.05, 0.1) is 0 Å². The molecule has 6 heteroatoms. The summed E-state index contributed by atoms with van der Waals surface area (Å²) in [5.41, 5.74) is 2.00. The van der Waals surface area contributed by atoms with Crippen molar-refractivity contribution in [1.82, 2.24) is 9.80 Å². The summed E-state index contributed by atoms with van der Waals surface area (Å²) in [5, 5.41) is 0. The molecule has 1 aliphatic rings. The first kappa shape index (κ1) is 19.9. The second kappa shape index (κ2) is 9.35. The summed E-state index contributed by atoms with van der Waals surface area (Å²) >= 11 is 0. The average Bonchev–Trinajstić information content (AvgIpc) is 2.73. The van der Waals surface area contributed by atoms with Crippen molar-refractivity contribution < 1.29 is 14.0 Å². The predicted octanol–water partition coefficient (Wildman–Crippen LogP) is 2.91. The minimum atomic E-state index is -0.257. The van der Waals surface area contributed by atoms with E-state index in [1.165, 1.54) is 12.1 Å². The van der Waals surface area contributed by atoms with Gasteiger partial charge in [-0.1, -0.05) is 30.3 Å². The van der Waals surface area contributed by atoms with Crippen molar-refractivity contribution in [2.45, 2.75) is 19.9 Å². The van der Waals surface area contributed by atoms with Gasteiger partial charge in [-0.15, -0.1) is 0 Å². The third kappa shape index (κ3) is 5.09. The Bertz CT molecular complexity index is 787. The fraction of sp³-hybridized carbons (Fsp3) is 0.364. The van der Waals surface area contributed by atoms with E-state index in [1.807, 2.05) is 37.3 Å². The Morgan fingerprint density at radius 3 is 2.21 bits per heavy atom. The molecule has 148 valence electrons. The van der Waals surface area contributed by atoms with E-state index in [-0.39, 0.29) is 24.1 Å². The third-order valence-electron chi connectivity index (χ3n) is 5.08. The summed E-state index contributed by atoms with van der Waals surface area (Å²) < 4.78 is 13.1. The zero-order valence-corrected chi connectivity index (χ0v) is 16.2. The van der Waals surface area contributed by atoms with E-state index < -0.39 is 0 Å². The van der Waals surface area contributed by atoms with Gasteiger partial charge in [0, 0.05) is 45.0 Å². The molecule has 3 rings (SSSR count). The maximum Gasteiger partial charge on any atom is 0.232 e. The van der Waals surface area contributed by atoms with Gasteiger partial charge in [0.1, 0.15) is 12.2 Å². The molecule has 0 spiro atoms. The fourth-order valence-corrected chi connectivity index (χ4v) is 3.40. The first-order valence-electron chi connectivity index (χ1n) is 9.67. The topological polar surface area (TPSA) is 43.9 Å². The number of nitrogens with zero attached hydrogens (tertiary/aromatic N) is 3. The molecule has 0 radical (unpaired) electrons. The Labute approximate surface area is 165 Å². The minimum absolute atomic E-state index is 0.1000. The molecule has 0 bridgehead atoms. The molecule has 1 heterocycles. The molecule has 0 saturated carbocycles. The lowest BCUT2D eigenvalue weighted by Gasteiger charge is -2.36. The molecule has 1 aliphatic heterocycles. The summed E-state index contributed by atoms with van der Waals surface area (Å²) in [7, 11) is 0. The highest BCUT2D eigenvalue weighted by molar-refractivity contribution is 5.97. The van der Waals surface area contributed by atoms with Crippen LogP contribution in [0.15, 0.2) is 54.6 Å². The van der Waals surface area contributed by atoms with Gasteiger partial charge in [-0.3, -0.25) is 9.59 Å². The van der Waals surface area contributed by atoms with Crippen LogP contribution in [0.3, 0.4) is 0 Å². The highest BCUT2D eigenvalue weighted by Gasteiger charge is 2.24. The lowest BCUT2D eigenvalue weighted by atomic mass is 10.2. The van der Waals surface area contributed by atoms with E-state index in [0.29, 0.717) is 39.3 Å². The zero-order valence-electron chi connectivity index (χ0n) is 16.2. The molecule has 1 saturated heterocycles. The van der Waals surface area contributed by atoms with Gasteiger partial charge in [0.2, 0.25) is 11.8 Å². The molecule has 5 nitrogen and oxygen atoms in total. The molecule has 0 unspecified atom stereocenters. The van der Waals surface area contributed by atoms with E-state index in [0.717, 1.165) is 11.3 Å². The van der Waals surface area contributed by atoms with Crippen molar-refractivity contribution in [3.63, 3.8) is 0 Å². The minimum Gasteiger partial charge on any atom is -0.368 e. The second-order valence-electron chi connectivity index (χ2n) is 6.91. The number of benzene rings is 2. The van der Waals surface area contributed by atoms with Gasteiger partial charge in [0.25, 0.3) is 0 Å². The number of halogens is 1. The number of rotatable bonds is 6. The monoisotopic (exact) mass is 383 g/mol. The Kier molecular flexibility index (Phi) is 6.63. The standard InChI is InChI=1S/C22H26FN3O2/c1-2-24(17-18-6-4-3-5-7-18)21(27)16-22(28)26-14-12-25(13-15-26)20-10-8-19(23)9-11-20/h3-11H,2,12-17H2,1H3. The van der Waals surface area contributed by atoms with Crippen LogP contribution in [0.4, 0.5) is 10.1 Å². The number of hydrogen-bond acceptors (Lipinski definition) is 3. The van der Waals surface area contributed by atoms with Crippen LogP contribution in [0.1, 0.15) is 18.9 Å². The van der Waals surface area contributed by atoms with Crippen molar-refractivity contribution in [2.75, 3.05) is 37.6 Å². The molecule has 2 amide bonds. The van der Waals surface area contributed by atoms with E-state index >= 15 is 0 Å². The van der Waals surface area contributed by atoms with Gasteiger partial charge in [0.15, 0.2) is 0 Å². The number of amides is 2. The quantitative estimate of drug-likeness (QED) is 0.721.